The van der Waals surface area contributed by atoms with Crippen LogP contribution in [0, 0.1) is 0 Å². The Bertz CT molecular complexity index is 829. The van der Waals surface area contributed by atoms with E-state index in [-0.39, 0.29) is 25.3 Å². The van der Waals surface area contributed by atoms with Crippen molar-refractivity contribution in [3.8, 4) is 0 Å². The number of carboxylic acid groups (broad SMARTS) is 1. The summed E-state index contributed by atoms with van der Waals surface area (Å²) >= 11 is 0. The number of aliphatic hydroxyl groups is 1. The molecule has 3 unspecified atom stereocenters. The van der Waals surface area contributed by atoms with Crippen molar-refractivity contribution >= 4 is 29.7 Å². The van der Waals surface area contributed by atoms with Gasteiger partial charge in [0.2, 0.25) is 17.7 Å². The molecule has 0 spiro atoms. The van der Waals surface area contributed by atoms with E-state index >= 15 is 0 Å². The topological polar surface area (TPSA) is 235 Å². The van der Waals surface area contributed by atoms with Crippen LogP contribution in [0.4, 0.5) is 0 Å². The molecule has 0 saturated carbocycles. The predicted octanol–water partition coefficient (Wildman–Crippen LogP) is -3.23. The normalized spacial score (nSPS) is 13.2. The lowest BCUT2D eigenvalue weighted by Crippen LogP contribution is -2.54. The van der Waals surface area contributed by atoms with E-state index < -0.39 is 55.0 Å². The molecule has 182 valence electrons. The van der Waals surface area contributed by atoms with Gasteiger partial charge in [0.1, 0.15) is 18.1 Å². The van der Waals surface area contributed by atoms with Crippen molar-refractivity contribution in [1.82, 2.24) is 16.0 Å². The average molecular weight is 466 g/mol. The maximum Gasteiger partial charge on any atom is 0.326 e. The Morgan fingerprint density at radius 2 is 1.67 bits per heavy atom. The zero-order valence-corrected chi connectivity index (χ0v) is 18.1. The fourth-order valence-electron chi connectivity index (χ4n) is 2.72. The van der Waals surface area contributed by atoms with Gasteiger partial charge in [0.05, 0.1) is 13.2 Å². The Morgan fingerprint density at radius 3 is 2.24 bits per heavy atom. The van der Waals surface area contributed by atoms with Gasteiger partial charge in [-0.2, -0.15) is 0 Å². The van der Waals surface area contributed by atoms with Crippen LogP contribution in [0.1, 0.15) is 18.4 Å². The molecule has 3 atom stereocenters. The van der Waals surface area contributed by atoms with Gasteiger partial charge in [0.15, 0.2) is 5.96 Å². The van der Waals surface area contributed by atoms with Crippen molar-refractivity contribution in [3.63, 3.8) is 0 Å². The zero-order chi connectivity index (χ0) is 24.8. The summed E-state index contributed by atoms with van der Waals surface area (Å²) in [7, 11) is 0. The first-order valence-corrected chi connectivity index (χ1v) is 10.2. The van der Waals surface area contributed by atoms with E-state index in [1.54, 1.807) is 30.3 Å². The summed E-state index contributed by atoms with van der Waals surface area (Å²) in [6.07, 6.45) is 0.521. The number of aliphatic carboxylic acids is 1. The van der Waals surface area contributed by atoms with Crippen molar-refractivity contribution in [3.05, 3.63) is 35.9 Å². The number of nitrogens with zero attached hydrogens (tertiary/aromatic N) is 1. The molecule has 13 heteroatoms. The highest BCUT2D eigenvalue weighted by Gasteiger charge is 2.25. The monoisotopic (exact) mass is 465 g/mol. The number of guanidine groups is 1. The van der Waals surface area contributed by atoms with Crippen LogP contribution in [-0.2, 0) is 25.6 Å². The number of aliphatic imine (C=N–C) groups is 1. The first kappa shape index (κ1) is 27.3. The largest absolute Gasteiger partial charge is 0.480 e. The molecule has 0 aromatic heterocycles. The van der Waals surface area contributed by atoms with E-state index in [2.05, 4.69) is 20.9 Å². The molecule has 13 nitrogen and oxygen atoms in total. The Morgan fingerprint density at radius 1 is 1.00 bits per heavy atom. The minimum absolute atomic E-state index is 0.0678. The highest BCUT2D eigenvalue weighted by molar-refractivity contribution is 5.92. The zero-order valence-electron chi connectivity index (χ0n) is 18.1. The summed E-state index contributed by atoms with van der Waals surface area (Å²) in [6, 6.07) is 5.27. The smallest absolute Gasteiger partial charge is 0.326 e. The van der Waals surface area contributed by atoms with E-state index in [4.69, 9.17) is 22.3 Å². The third-order valence-electron chi connectivity index (χ3n) is 4.45. The number of carboxylic acids is 1. The molecule has 0 saturated heterocycles. The molecule has 33 heavy (non-hydrogen) atoms. The minimum Gasteiger partial charge on any atom is -0.480 e. The second-order valence-electron chi connectivity index (χ2n) is 7.16. The molecule has 1 aromatic rings. The van der Waals surface area contributed by atoms with Crippen molar-refractivity contribution in [2.24, 2.45) is 22.2 Å². The molecule has 11 N–H and O–H groups in total. The van der Waals surface area contributed by atoms with E-state index in [1.807, 2.05) is 0 Å². The first-order valence-electron chi connectivity index (χ1n) is 10.2. The molecule has 0 heterocycles. The van der Waals surface area contributed by atoms with Crippen LogP contribution in [0.15, 0.2) is 35.3 Å². The maximum atomic E-state index is 12.5. The van der Waals surface area contributed by atoms with E-state index in [0.717, 1.165) is 5.56 Å². The van der Waals surface area contributed by atoms with Crippen molar-refractivity contribution < 1.29 is 29.4 Å². The molecular weight excluding hydrogens is 434 g/mol. The molecule has 0 aliphatic heterocycles. The van der Waals surface area contributed by atoms with Gasteiger partial charge >= 0.3 is 5.97 Å². The molecule has 1 rings (SSSR count). The lowest BCUT2D eigenvalue weighted by atomic mass is 10.1. The number of benzene rings is 1. The van der Waals surface area contributed by atoms with E-state index in [9.17, 15) is 24.3 Å². The van der Waals surface area contributed by atoms with Gasteiger partial charge in [0, 0.05) is 13.0 Å². The van der Waals surface area contributed by atoms with Crippen molar-refractivity contribution in [1.29, 1.82) is 0 Å². The molecule has 3 amide bonds. The number of nitrogens with one attached hydrogen (secondary N) is 3. The van der Waals surface area contributed by atoms with Crippen LogP contribution in [0.2, 0.25) is 0 Å². The third kappa shape index (κ3) is 10.9. The molecule has 1 aromatic carbocycles. The molecule has 0 radical (unpaired) electrons. The third-order valence-corrected chi connectivity index (χ3v) is 4.45. The minimum atomic E-state index is -1.23. The number of amides is 3. The number of hydrogen-bond acceptors (Lipinski definition) is 7. The quantitative estimate of drug-likeness (QED) is 0.0782. The summed E-state index contributed by atoms with van der Waals surface area (Å²) in [5.41, 5.74) is 16.7. The second-order valence-corrected chi connectivity index (χ2v) is 7.16. The van der Waals surface area contributed by atoms with Gasteiger partial charge in [-0.15, -0.1) is 0 Å². The number of carbonyl (C=O) groups is 4. The number of rotatable bonds is 14. The SMILES string of the molecule is NC(N)=NCCCC(NC(=O)C(N)CO)C(=O)NCC(=O)NC(Cc1ccccc1)C(=O)O. The summed E-state index contributed by atoms with van der Waals surface area (Å²) in [6.45, 7) is -0.924. The highest BCUT2D eigenvalue weighted by Crippen LogP contribution is 2.04. The standard InChI is InChI=1S/C20H31N7O6/c21-13(11-28)17(30)27-14(7-4-8-24-20(22)23)18(31)25-10-16(29)26-15(19(32)33)9-12-5-2-1-3-6-12/h1-3,5-6,13-15,28H,4,7-11,21H2,(H,25,31)(H,26,29)(H,27,30)(H,32,33)(H4,22,23,24). The lowest BCUT2D eigenvalue weighted by molar-refractivity contribution is -0.141. The number of hydrogen-bond donors (Lipinski definition) is 8. The summed E-state index contributed by atoms with van der Waals surface area (Å²) in [4.78, 5) is 52.0. The number of aliphatic hydroxyl groups excluding tert-OH is 1. The molecule has 0 bridgehead atoms. The van der Waals surface area contributed by atoms with E-state index in [0.29, 0.717) is 6.42 Å². The Labute approximate surface area is 190 Å². The van der Waals surface area contributed by atoms with Crippen LogP contribution in [0.25, 0.3) is 0 Å². The Hall–Kier alpha value is -3.71. The van der Waals surface area contributed by atoms with Gasteiger partial charge in [-0.1, -0.05) is 30.3 Å². The Kier molecular flexibility index (Phi) is 11.9. The van der Waals surface area contributed by atoms with Gasteiger partial charge in [-0.25, -0.2) is 4.79 Å². The van der Waals surface area contributed by atoms with Gasteiger partial charge in [0.25, 0.3) is 0 Å². The molecule has 0 fully saturated rings. The predicted molar refractivity (Wildman–Crippen MR) is 120 cm³/mol. The Balaban J connectivity index is 2.67. The molecule has 0 aliphatic rings. The van der Waals surface area contributed by atoms with E-state index in [1.165, 1.54) is 0 Å². The van der Waals surface area contributed by atoms with Crippen LogP contribution in [0.3, 0.4) is 0 Å². The number of carbonyl (C=O) groups excluding carboxylic acids is 3. The van der Waals surface area contributed by atoms with Gasteiger partial charge in [-0.3, -0.25) is 19.4 Å². The van der Waals surface area contributed by atoms with Crippen molar-refractivity contribution in [2.75, 3.05) is 19.7 Å². The van der Waals surface area contributed by atoms with Crippen LogP contribution >= 0.6 is 0 Å². The fraction of sp³-hybridized carbons (Fsp3) is 0.450. The van der Waals surface area contributed by atoms with Crippen LogP contribution < -0.4 is 33.2 Å². The van der Waals surface area contributed by atoms with Gasteiger partial charge < -0.3 is 43.4 Å². The second kappa shape index (κ2) is 14.4. The average Bonchev–Trinajstić information content (AvgIpc) is 2.78. The molecular formula is C20H31N7O6. The van der Waals surface area contributed by atoms with Crippen molar-refractivity contribution in [2.45, 2.75) is 37.4 Å². The van der Waals surface area contributed by atoms with Crippen LogP contribution in [-0.4, -0.2) is 77.7 Å². The molecule has 0 aliphatic carbocycles. The summed E-state index contributed by atoms with van der Waals surface area (Å²) in [5, 5.41) is 25.5. The lowest BCUT2D eigenvalue weighted by Gasteiger charge is -2.20. The fourth-order valence-corrected chi connectivity index (χ4v) is 2.72. The summed E-state index contributed by atoms with van der Waals surface area (Å²) in [5.74, 6) is -3.51. The maximum absolute atomic E-state index is 12.5. The first-order chi connectivity index (χ1) is 15.6. The summed E-state index contributed by atoms with van der Waals surface area (Å²) < 4.78 is 0. The highest BCUT2D eigenvalue weighted by atomic mass is 16.4. The van der Waals surface area contributed by atoms with Crippen LogP contribution in [0.5, 0.6) is 0 Å². The number of nitrogens with two attached hydrogens (primary N) is 3. The van der Waals surface area contributed by atoms with Gasteiger partial charge in [-0.05, 0) is 18.4 Å².